The minimum Gasteiger partial charge on any atom is -0.343 e. The zero-order valence-electron chi connectivity index (χ0n) is 13.2. The maximum absolute atomic E-state index is 12.5. The van der Waals surface area contributed by atoms with Gasteiger partial charge in [-0.3, -0.25) is 9.59 Å². The maximum atomic E-state index is 12.5. The Balaban J connectivity index is 1.64. The van der Waals surface area contributed by atoms with Crippen LogP contribution < -0.4 is 5.32 Å². The molecule has 3 rings (SSSR count). The lowest BCUT2D eigenvalue weighted by Gasteiger charge is -2.31. The van der Waals surface area contributed by atoms with Crippen molar-refractivity contribution >= 4 is 17.5 Å². The molecule has 1 aliphatic carbocycles. The van der Waals surface area contributed by atoms with Gasteiger partial charge in [0.15, 0.2) is 0 Å². The van der Waals surface area contributed by atoms with Gasteiger partial charge >= 0.3 is 0 Å². The van der Waals surface area contributed by atoms with E-state index in [4.69, 9.17) is 0 Å². The van der Waals surface area contributed by atoms with E-state index in [1.807, 2.05) is 17.0 Å². The fourth-order valence-electron chi connectivity index (χ4n) is 3.59. The SMILES string of the molecule is CC(=O)N1CCC(C(=O)Nc2cccc3c2CCCC3)CC1. The van der Waals surface area contributed by atoms with Gasteiger partial charge in [0.2, 0.25) is 11.8 Å². The number of benzene rings is 1. The number of fused-ring (bicyclic) bond motifs is 1. The zero-order valence-corrected chi connectivity index (χ0v) is 13.2. The molecule has 1 aromatic carbocycles. The molecule has 0 radical (unpaired) electrons. The largest absolute Gasteiger partial charge is 0.343 e. The molecule has 1 fully saturated rings. The van der Waals surface area contributed by atoms with Crippen LogP contribution in [-0.2, 0) is 22.4 Å². The highest BCUT2D eigenvalue weighted by Crippen LogP contribution is 2.29. The van der Waals surface area contributed by atoms with Gasteiger partial charge in [-0.05, 0) is 55.7 Å². The zero-order chi connectivity index (χ0) is 15.5. The Hall–Kier alpha value is -1.84. The van der Waals surface area contributed by atoms with E-state index in [-0.39, 0.29) is 17.7 Å². The number of amides is 2. The summed E-state index contributed by atoms with van der Waals surface area (Å²) in [4.78, 5) is 25.7. The number of anilines is 1. The molecule has 2 aliphatic rings. The predicted molar refractivity (Wildman–Crippen MR) is 86.7 cm³/mol. The highest BCUT2D eigenvalue weighted by molar-refractivity contribution is 5.93. The second-order valence-electron chi connectivity index (χ2n) is 6.42. The van der Waals surface area contributed by atoms with Gasteiger partial charge < -0.3 is 10.2 Å². The van der Waals surface area contributed by atoms with Crippen molar-refractivity contribution in [2.45, 2.75) is 45.4 Å². The second-order valence-corrected chi connectivity index (χ2v) is 6.42. The number of likely N-dealkylation sites (tertiary alicyclic amines) is 1. The summed E-state index contributed by atoms with van der Waals surface area (Å²) >= 11 is 0. The van der Waals surface area contributed by atoms with E-state index in [0.29, 0.717) is 13.1 Å². The summed E-state index contributed by atoms with van der Waals surface area (Å²) in [5.74, 6) is 0.244. The van der Waals surface area contributed by atoms with E-state index in [2.05, 4.69) is 11.4 Å². The van der Waals surface area contributed by atoms with Crippen LogP contribution in [0.5, 0.6) is 0 Å². The van der Waals surface area contributed by atoms with Gasteiger partial charge in [-0.25, -0.2) is 0 Å². The molecule has 1 heterocycles. The van der Waals surface area contributed by atoms with Crippen LogP contribution in [0, 0.1) is 5.92 Å². The van der Waals surface area contributed by atoms with Crippen molar-refractivity contribution in [3.8, 4) is 0 Å². The molecule has 4 nitrogen and oxygen atoms in total. The number of carbonyl (C=O) groups excluding carboxylic acids is 2. The third kappa shape index (κ3) is 3.16. The molecular weight excluding hydrogens is 276 g/mol. The first-order valence-corrected chi connectivity index (χ1v) is 8.32. The van der Waals surface area contributed by atoms with Gasteiger partial charge in [0, 0.05) is 31.6 Å². The fraction of sp³-hybridized carbons (Fsp3) is 0.556. The van der Waals surface area contributed by atoms with Crippen LogP contribution in [0.25, 0.3) is 0 Å². The minimum atomic E-state index is 0.0232. The van der Waals surface area contributed by atoms with Gasteiger partial charge in [-0.15, -0.1) is 0 Å². The van der Waals surface area contributed by atoms with Gasteiger partial charge in [-0.1, -0.05) is 12.1 Å². The number of rotatable bonds is 2. The summed E-state index contributed by atoms with van der Waals surface area (Å²) in [6.07, 6.45) is 6.16. The number of carbonyl (C=O) groups is 2. The average Bonchev–Trinajstić information content (AvgIpc) is 2.55. The van der Waals surface area contributed by atoms with Crippen molar-refractivity contribution < 1.29 is 9.59 Å². The van der Waals surface area contributed by atoms with Crippen LogP contribution in [0.3, 0.4) is 0 Å². The molecule has 0 atom stereocenters. The molecule has 4 heteroatoms. The summed E-state index contributed by atoms with van der Waals surface area (Å²) in [5, 5.41) is 3.14. The Morgan fingerprint density at radius 1 is 1.14 bits per heavy atom. The molecule has 1 aromatic rings. The average molecular weight is 300 g/mol. The molecule has 1 saturated heterocycles. The summed E-state index contributed by atoms with van der Waals surface area (Å²) in [5.41, 5.74) is 3.70. The second kappa shape index (κ2) is 6.51. The Bertz CT molecular complexity index is 574. The number of piperidine rings is 1. The summed E-state index contributed by atoms with van der Waals surface area (Å²) in [6.45, 7) is 2.98. The number of nitrogens with one attached hydrogen (secondary N) is 1. The lowest BCUT2D eigenvalue weighted by molar-refractivity contribution is -0.132. The molecule has 0 saturated carbocycles. The van der Waals surface area contributed by atoms with Crippen molar-refractivity contribution in [1.82, 2.24) is 4.90 Å². The third-order valence-corrected chi connectivity index (χ3v) is 4.96. The first-order valence-electron chi connectivity index (χ1n) is 8.32. The molecule has 2 amide bonds. The minimum absolute atomic E-state index is 0.0232. The van der Waals surface area contributed by atoms with E-state index in [1.54, 1.807) is 6.92 Å². The van der Waals surface area contributed by atoms with Crippen molar-refractivity contribution in [2.75, 3.05) is 18.4 Å². The first kappa shape index (κ1) is 15.1. The number of aryl methyl sites for hydroxylation is 1. The van der Waals surface area contributed by atoms with E-state index >= 15 is 0 Å². The highest BCUT2D eigenvalue weighted by atomic mass is 16.2. The Morgan fingerprint density at radius 3 is 2.59 bits per heavy atom. The van der Waals surface area contributed by atoms with Crippen LogP contribution in [0.1, 0.15) is 43.7 Å². The van der Waals surface area contributed by atoms with Crippen molar-refractivity contribution in [2.24, 2.45) is 5.92 Å². The molecule has 0 spiro atoms. The maximum Gasteiger partial charge on any atom is 0.227 e. The molecule has 118 valence electrons. The van der Waals surface area contributed by atoms with Gasteiger partial charge in [0.05, 0.1) is 0 Å². The fourth-order valence-corrected chi connectivity index (χ4v) is 3.59. The summed E-state index contributed by atoms with van der Waals surface area (Å²) in [6, 6.07) is 6.24. The van der Waals surface area contributed by atoms with Gasteiger partial charge in [0.25, 0.3) is 0 Å². The number of hydrogen-bond donors (Lipinski definition) is 1. The molecule has 0 unspecified atom stereocenters. The monoisotopic (exact) mass is 300 g/mol. The molecule has 1 N–H and O–H groups in total. The Labute approximate surface area is 131 Å². The molecule has 0 bridgehead atoms. The molecule has 0 aromatic heterocycles. The van der Waals surface area contributed by atoms with E-state index in [1.165, 1.54) is 24.0 Å². The van der Waals surface area contributed by atoms with E-state index < -0.39 is 0 Å². The normalized spacial score (nSPS) is 18.7. The Morgan fingerprint density at radius 2 is 1.86 bits per heavy atom. The van der Waals surface area contributed by atoms with E-state index in [9.17, 15) is 9.59 Å². The smallest absolute Gasteiger partial charge is 0.227 e. The van der Waals surface area contributed by atoms with E-state index in [0.717, 1.165) is 31.4 Å². The summed E-state index contributed by atoms with van der Waals surface area (Å²) in [7, 11) is 0. The van der Waals surface area contributed by atoms with Crippen molar-refractivity contribution in [3.63, 3.8) is 0 Å². The number of nitrogens with zero attached hydrogens (tertiary/aromatic N) is 1. The van der Waals surface area contributed by atoms with Crippen LogP contribution in [0.15, 0.2) is 18.2 Å². The van der Waals surface area contributed by atoms with Crippen LogP contribution in [-0.4, -0.2) is 29.8 Å². The molecule has 1 aliphatic heterocycles. The van der Waals surface area contributed by atoms with Crippen molar-refractivity contribution in [1.29, 1.82) is 0 Å². The lowest BCUT2D eigenvalue weighted by Crippen LogP contribution is -2.40. The van der Waals surface area contributed by atoms with Crippen LogP contribution in [0.2, 0.25) is 0 Å². The first-order chi connectivity index (χ1) is 10.6. The highest BCUT2D eigenvalue weighted by Gasteiger charge is 2.26. The van der Waals surface area contributed by atoms with Crippen LogP contribution >= 0.6 is 0 Å². The van der Waals surface area contributed by atoms with Crippen molar-refractivity contribution in [3.05, 3.63) is 29.3 Å². The standard InChI is InChI=1S/C18H24N2O2/c1-13(21)20-11-9-15(10-12-20)18(22)19-17-8-4-6-14-5-2-3-7-16(14)17/h4,6,8,15H,2-3,5,7,9-12H2,1H3,(H,19,22). The molecular formula is C18H24N2O2. The quantitative estimate of drug-likeness (QED) is 0.913. The topological polar surface area (TPSA) is 49.4 Å². The number of hydrogen-bond acceptors (Lipinski definition) is 2. The van der Waals surface area contributed by atoms with Gasteiger partial charge in [0.1, 0.15) is 0 Å². The van der Waals surface area contributed by atoms with Gasteiger partial charge in [-0.2, -0.15) is 0 Å². The Kier molecular flexibility index (Phi) is 4.46. The van der Waals surface area contributed by atoms with Crippen LogP contribution in [0.4, 0.5) is 5.69 Å². The predicted octanol–water partition coefficient (Wildman–Crippen LogP) is 2.76. The molecule has 22 heavy (non-hydrogen) atoms. The summed E-state index contributed by atoms with van der Waals surface area (Å²) < 4.78 is 0. The third-order valence-electron chi connectivity index (χ3n) is 4.96. The lowest BCUT2D eigenvalue weighted by atomic mass is 9.90.